The fourth-order valence-electron chi connectivity index (χ4n) is 6.86. The minimum absolute atomic E-state index is 0.00559. The number of nitrogens with two attached hydrogens (primary N) is 2. The summed E-state index contributed by atoms with van der Waals surface area (Å²) in [4.78, 5) is 103. The maximum atomic E-state index is 14.1. The van der Waals surface area contributed by atoms with Gasteiger partial charge in [-0.15, -0.1) is 0 Å². The first kappa shape index (κ1) is 45.2. The number of aliphatic carboxylic acids is 1. The fraction of sp³-hybridized carbons (Fsp3) is 0.722. The van der Waals surface area contributed by atoms with E-state index in [0.29, 0.717) is 62.9 Å². The number of hydrogen-bond acceptors (Lipinski definition) is 11. The van der Waals surface area contributed by atoms with Gasteiger partial charge in [-0.05, 0) is 82.8 Å². The van der Waals surface area contributed by atoms with Crippen molar-refractivity contribution in [2.24, 2.45) is 17.4 Å². The molecular weight excluding hydrogens is 733 g/mol. The van der Waals surface area contributed by atoms with E-state index in [9.17, 15) is 38.7 Å². The number of carboxylic acid groups (broad SMARTS) is 1. The van der Waals surface area contributed by atoms with Crippen LogP contribution in [-0.4, -0.2) is 140 Å². The largest absolute Gasteiger partial charge is 0.480 e. The van der Waals surface area contributed by atoms with Crippen molar-refractivity contribution in [1.82, 2.24) is 41.0 Å². The van der Waals surface area contributed by atoms with Crippen LogP contribution in [0.1, 0.15) is 84.3 Å². The lowest BCUT2D eigenvalue weighted by atomic mass is 10.0. The summed E-state index contributed by atoms with van der Waals surface area (Å²) < 4.78 is 0. The monoisotopic (exact) mass is 792 g/mol. The van der Waals surface area contributed by atoms with Crippen LogP contribution in [0.25, 0.3) is 0 Å². The SMILES string of the molecule is CSCC[C@H](NC(=O)[C@@H]1CCCN1C(=O)[C@@H]1CCCN1C(=O)[C@H](CC(C)C)NC(=O)[C@H](C)NC(=O)[C@@H](N)CCCCN)C(=O)N[C@@H](Cc1cnc[nH]1)C(=O)O. The van der Waals surface area contributed by atoms with Crippen LogP contribution in [0, 0.1) is 5.92 Å². The lowest BCUT2D eigenvalue weighted by Crippen LogP contribution is -2.59. The molecule has 0 bridgehead atoms. The number of nitrogens with zero attached hydrogens (tertiary/aromatic N) is 3. The standard InChI is InChI=1S/C36H60N10O8S/c1-21(2)17-26(43-30(47)22(3)41-31(48)24(38)9-5-6-13-37)34(51)46-15-8-11-29(46)35(52)45-14-7-10-28(45)33(50)42-25(12-16-55-4)32(49)44-27(36(53)54)18-23-19-39-20-40-23/h19-22,24-29H,5-18,37-38H2,1-4H3,(H,39,40)(H,41,48)(H,42,50)(H,43,47)(H,44,49)(H,53,54)/t22-,24-,25-,26-,27-,28-,29-/m0/s1. The van der Waals surface area contributed by atoms with Gasteiger partial charge in [-0.1, -0.05) is 20.3 Å². The Morgan fingerprint density at radius 2 is 1.56 bits per heavy atom. The summed E-state index contributed by atoms with van der Waals surface area (Å²) in [5.74, 6) is -3.78. The van der Waals surface area contributed by atoms with Crippen molar-refractivity contribution in [2.45, 2.75) is 127 Å². The number of thioether (sulfide) groups is 1. The topological polar surface area (TPSA) is 275 Å². The second-order valence-corrected chi connectivity index (χ2v) is 15.7. The predicted octanol–water partition coefficient (Wildman–Crippen LogP) is -0.767. The number of carboxylic acids is 1. The van der Waals surface area contributed by atoms with E-state index in [2.05, 4.69) is 31.2 Å². The van der Waals surface area contributed by atoms with E-state index in [1.54, 1.807) is 0 Å². The van der Waals surface area contributed by atoms with Gasteiger partial charge < -0.3 is 52.6 Å². The third-order valence-electron chi connectivity index (χ3n) is 9.88. The first-order valence-electron chi connectivity index (χ1n) is 19.1. The summed E-state index contributed by atoms with van der Waals surface area (Å²) in [6, 6.07) is -6.80. The molecule has 3 rings (SSSR count). The molecule has 0 spiro atoms. The van der Waals surface area contributed by atoms with Crippen LogP contribution < -0.4 is 32.7 Å². The van der Waals surface area contributed by atoms with E-state index >= 15 is 0 Å². The third kappa shape index (κ3) is 13.5. The summed E-state index contributed by atoms with van der Waals surface area (Å²) in [6.07, 6.45) is 8.82. The minimum Gasteiger partial charge on any atom is -0.480 e. The van der Waals surface area contributed by atoms with E-state index in [4.69, 9.17) is 11.5 Å². The van der Waals surface area contributed by atoms with Crippen molar-refractivity contribution < 1.29 is 38.7 Å². The Balaban J connectivity index is 1.68. The zero-order valence-corrected chi connectivity index (χ0v) is 33.2. The number of likely N-dealkylation sites (tertiary alicyclic amines) is 2. The first-order valence-corrected chi connectivity index (χ1v) is 20.5. The fourth-order valence-corrected chi connectivity index (χ4v) is 7.33. The Hall–Kier alpha value is -4.23. The quantitative estimate of drug-likeness (QED) is 0.0673. The molecule has 1 aromatic rings. The summed E-state index contributed by atoms with van der Waals surface area (Å²) in [6.45, 7) is 6.38. The van der Waals surface area contributed by atoms with Crippen LogP contribution in [0.2, 0.25) is 0 Å². The van der Waals surface area contributed by atoms with Crippen LogP contribution in [-0.2, 0) is 40.0 Å². The molecule has 0 unspecified atom stereocenters. The number of imidazole rings is 1. The molecule has 19 heteroatoms. The van der Waals surface area contributed by atoms with E-state index < -0.39 is 83.7 Å². The number of hydrogen-bond donors (Lipinski definition) is 8. The molecule has 2 fully saturated rings. The maximum Gasteiger partial charge on any atom is 0.326 e. The molecular formula is C36H60N10O8S. The molecule has 0 aromatic carbocycles. The van der Waals surface area contributed by atoms with Gasteiger partial charge in [-0.2, -0.15) is 11.8 Å². The average Bonchev–Trinajstić information content (AvgIpc) is 3.95. The van der Waals surface area contributed by atoms with Gasteiger partial charge in [-0.3, -0.25) is 28.8 Å². The zero-order valence-electron chi connectivity index (χ0n) is 32.4. The van der Waals surface area contributed by atoms with Gasteiger partial charge >= 0.3 is 5.97 Å². The number of aromatic nitrogens is 2. The minimum atomic E-state index is -1.27. The normalized spacial score (nSPS) is 19.6. The average molecular weight is 793 g/mol. The number of carbonyl (C=O) groups is 7. The van der Waals surface area contributed by atoms with E-state index in [0.717, 1.165) is 6.42 Å². The lowest BCUT2D eigenvalue weighted by Gasteiger charge is -2.34. The molecule has 2 saturated heterocycles. The van der Waals surface area contributed by atoms with Crippen molar-refractivity contribution in [3.8, 4) is 0 Å². The maximum absolute atomic E-state index is 14.1. The number of amides is 6. The summed E-state index contributed by atoms with van der Waals surface area (Å²) in [5, 5.41) is 20.5. The van der Waals surface area contributed by atoms with E-state index in [1.807, 2.05) is 20.1 Å². The first-order chi connectivity index (χ1) is 26.2. The Bertz CT molecular complexity index is 1460. The van der Waals surface area contributed by atoms with E-state index in [1.165, 1.54) is 41.0 Å². The third-order valence-corrected chi connectivity index (χ3v) is 10.5. The van der Waals surface area contributed by atoms with Crippen LogP contribution in [0.15, 0.2) is 12.5 Å². The van der Waals surface area contributed by atoms with Crippen molar-refractivity contribution in [2.75, 3.05) is 31.6 Å². The van der Waals surface area contributed by atoms with Crippen LogP contribution >= 0.6 is 11.8 Å². The molecule has 0 radical (unpaired) electrons. The van der Waals surface area contributed by atoms with Crippen LogP contribution in [0.4, 0.5) is 0 Å². The number of rotatable bonds is 22. The predicted molar refractivity (Wildman–Crippen MR) is 206 cm³/mol. The number of unbranched alkanes of at least 4 members (excludes halogenated alkanes) is 1. The van der Waals surface area contributed by atoms with E-state index in [-0.39, 0.29) is 31.8 Å². The molecule has 7 atom stereocenters. The molecule has 0 saturated carbocycles. The summed E-state index contributed by atoms with van der Waals surface area (Å²) in [5.41, 5.74) is 12.0. The second-order valence-electron chi connectivity index (χ2n) is 14.7. The number of aromatic amines is 1. The van der Waals surface area contributed by atoms with Gasteiger partial charge in [0.05, 0.1) is 12.4 Å². The Morgan fingerprint density at radius 1 is 0.891 bits per heavy atom. The van der Waals surface area contributed by atoms with Gasteiger partial charge in [0.15, 0.2) is 0 Å². The molecule has 10 N–H and O–H groups in total. The van der Waals surface area contributed by atoms with Crippen LogP contribution in [0.5, 0.6) is 0 Å². The molecule has 0 aliphatic carbocycles. The summed E-state index contributed by atoms with van der Waals surface area (Å²) >= 11 is 1.46. The highest BCUT2D eigenvalue weighted by Crippen LogP contribution is 2.26. The molecule has 2 aliphatic heterocycles. The van der Waals surface area contributed by atoms with Gasteiger partial charge in [0, 0.05) is 31.4 Å². The highest BCUT2D eigenvalue weighted by atomic mass is 32.2. The summed E-state index contributed by atoms with van der Waals surface area (Å²) in [7, 11) is 0. The Morgan fingerprint density at radius 3 is 2.18 bits per heavy atom. The van der Waals surface area contributed by atoms with Gasteiger partial charge in [0.25, 0.3) is 0 Å². The number of H-pyrrole nitrogens is 1. The molecule has 6 amide bonds. The van der Waals surface area contributed by atoms with Crippen molar-refractivity contribution in [1.29, 1.82) is 0 Å². The molecule has 2 aliphatic rings. The smallest absolute Gasteiger partial charge is 0.326 e. The highest BCUT2D eigenvalue weighted by molar-refractivity contribution is 7.98. The molecule has 55 heavy (non-hydrogen) atoms. The lowest BCUT2D eigenvalue weighted by molar-refractivity contribution is -0.148. The molecule has 3 heterocycles. The Labute approximate surface area is 326 Å². The number of nitrogens with one attached hydrogen (secondary N) is 5. The van der Waals surface area contributed by atoms with Gasteiger partial charge in [0.1, 0.15) is 36.3 Å². The Kier molecular flexibility index (Phi) is 18.4. The van der Waals surface area contributed by atoms with Crippen molar-refractivity contribution in [3.63, 3.8) is 0 Å². The van der Waals surface area contributed by atoms with Crippen LogP contribution in [0.3, 0.4) is 0 Å². The van der Waals surface area contributed by atoms with Gasteiger partial charge in [-0.25, -0.2) is 9.78 Å². The van der Waals surface area contributed by atoms with Crippen molar-refractivity contribution >= 4 is 53.2 Å². The zero-order chi connectivity index (χ0) is 40.7. The van der Waals surface area contributed by atoms with Crippen molar-refractivity contribution in [3.05, 3.63) is 18.2 Å². The molecule has 308 valence electrons. The highest BCUT2D eigenvalue weighted by Gasteiger charge is 2.44. The number of carbonyl (C=O) groups excluding carboxylic acids is 6. The second kappa shape index (κ2) is 22.4. The van der Waals surface area contributed by atoms with Gasteiger partial charge in [0.2, 0.25) is 35.4 Å². The molecule has 1 aromatic heterocycles. The molecule has 18 nitrogen and oxygen atoms in total.